The average Bonchev–Trinajstić information content (AvgIpc) is 3.11. The van der Waals surface area contributed by atoms with Gasteiger partial charge in [0.2, 0.25) is 17.8 Å². The summed E-state index contributed by atoms with van der Waals surface area (Å²) in [5, 5.41) is 17.7. The number of hydrogen-bond acceptors (Lipinski definition) is 8. The molecule has 2 aromatic heterocycles. The molecule has 3 N–H and O–H groups in total. The molecule has 0 aliphatic rings. The number of hydrogen-bond donors (Lipinski definition) is 3. The highest BCUT2D eigenvalue weighted by molar-refractivity contribution is 9.10. The third-order valence-corrected chi connectivity index (χ3v) is 5.43. The maximum absolute atomic E-state index is 13.4. The molecule has 1 aromatic carbocycles. The molecule has 0 fully saturated rings. The van der Waals surface area contributed by atoms with Gasteiger partial charge in [-0.05, 0) is 37.6 Å². The third kappa shape index (κ3) is 5.32. The van der Waals surface area contributed by atoms with Crippen LogP contribution in [0, 0.1) is 5.82 Å². The summed E-state index contributed by atoms with van der Waals surface area (Å²) in [5.41, 5.74) is 0.662. The molecule has 0 aliphatic heterocycles. The lowest BCUT2D eigenvalue weighted by atomic mass is 10.2. The van der Waals surface area contributed by atoms with Crippen LogP contribution < -0.4 is 16.0 Å². The zero-order chi connectivity index (χ0) is 20.8. The molecular weight excluding hydrogens is 463 g/mol. The van der Waals surface area contributed by atoms with Crippen LogP contribution in [0.3, 0.4) is 0 Å². The molecule has 29 heavy (non-hydrogen) atoms. The maximum Gasteiger partial charge on any atom is 0.261 e. The second kappa shape index (κ2) is 9.83. The van der Waals surface area contributed by atoms with Crippen molar-refractivity contribution >= 4 is 51.3 Å². The van der Waals surface area contributed by atoms with E-state index in [9.17, 15) is 9.18 Å². The average molecular weight is 483 g/mol. The van der Waals surface area contributed by atoms with Crippen LogP contribution in [-0.2, 0) is 11.3 Å². The SMILES string of the molecule is CCNc1nc(NCC)n2c(SCC(=O)NCc3cc(F)ccc3Br)nnc2n1. The Labute approximate surface area is 179 Å². The number of fused-ring (bicyclic) bond motifs is 1. The summed E-state index contributed by atoms with van der Waals surface area (Å²) in [7, 11) is 0. The standard InChI is InChI=1S/C17H20BrFN8OS/c1-3-20-14-23-15(21-4-2)27-16(24-14)25-26-17(27)29-9-13(28)22-8-10-7-11(19)5-6-12(10)18/h5-7H,3-4,8-9H2,1-2H3,(H,22,28)(H2,20,21,23,24,25). The minimum atomic E-state index is -0.352. The first kappa shape index (κ1) is 21.2. The molecular formula is C17H20BrFN8OS. The third-order valence-electron chi connectivity index (χ3n) is 3.73. The van der Waals surface area contributed by atoms with Crippen molar-refractivity contribution in [2.75, 3.05) is 29.5 Å². The Balaban J connectivity index is 1.68. The lowest BCUT2D eigenvalue weighted by Gasteiger charge is -2.10. The van der Waals surface area contributed by atoms with E-state index in [1.165, 1.54) is 23.9 Å². The van der Waals surface area contributed by atoms with Gasteiger partial charge < -0.3 is 16.0 Å². The minimum absolute atomic E-state index is 0.119. The first-order chi connectivity index (χ1) is 14.0. The van der Waals surface area contributed by atoms with Gasteiger partial charge in [-0.2, -0.15) is 9.97 Å². The molecule has 0 radical (unpaired) electrons. The number of rotatable bonds is 9. The molecule has 2 heterocycles. The molecule has 9 nitrogen and oxygen atoms in total. The summed E-state index contributed by atoms with van der Waals surface area (Å²) in [6, 6.07) is 4.34. The van der Waals surface area contributed by atoms with E-state index in [1.807, 2.05) is 13.8 Å². The zero-order valence-corrected chi connectivity index (χ0v) is 18.3. The van der Waals surface area contributed by atoms with Crippen LogP contribution in [0.2, 0.25) is 0 Å². The number of nitrogens with zero attached hydrogens (tertiary/aromatic N) is 5. The number of nitrogens with one attached hydrogen (secondary N) is 3. The largest absolute Gasteiger partial charge is 0.355 e. The molecule has 0 saturated heterocycles. The van der Waals surface area contributed by atoms with Crippen LogP contribution in [0.1, 0.15) is 19.4 Å². The van der Waals surface area contributed by atoms with Crippen LogP contribution >= 0.6 is 27.7 Å². The van der Waals surface area contributed by atoms with Crippen molar-refractivity contribution in [3.63, 3.8) is 0 Å². The van der Waals surface area contributed by atoms with Gasteiger partial charge in [0.1, 0.15) is 5.82 Å². The second-order valence-corrected chi connectivity index (χ2v) is 7.65. The zero-order valence-electron chi connectivity index (χ0n) is 15.9. The van der Waals surface area contributed by atoms with Gasteiger partial charge >= 0.3 is 0 Å². The summed E-state index contributed by atoms with van der Waals surface area (Å²) in [5.74, 6) is 0.948. The Bertz CT molecular complexity index is 1010. The highest BCUT2D eigenvalue weighted by Crippen LogP contribution is 2.21. The molecule has 154 valence electrons. The van der Waals surface area contributed by atoms with Crippen LogP contribution in [0.4, 0.5) is 16.3 Å². The number of aromatic nitrogens is 5. The molecule has 0 atom stereocenters. The molecule has 3 aromatic rings. The van der Waals surface area contributed by atoms with Crippen LogP contribution in [-0.4, -0.2) is 49.3 Å². The maximum atomic E-state index is 13.4. The van der Waals surface area contributed by atoms with Crippen molar-refractivity contribution in [3.8, 4) is 0 Å². The fourth-order valence-corrected chi connectivity index (χ4v) is 3.60. The lowest BCUT2D eigenvalue weighted by molar-refractivity contribution is -0.118. The number of thioether (sulfide) groups is 1. The van der Waals surface area contributed by atoms with Crippen molar-refractivity contribution in [1.82, 2.24) is 29.9 Å². The summed E-state index contributed by atoms with van der Waals surface area (Å²) in [6.45, 7) is 5.46. The summed E-state index contributed by atoms with van der Waals surface area (Å²) < 4.78 is 15.8. The fraction of sp³-hybridized carbons (Fsp3) is 0.353. The minimum Gasteiger partial charge on any atom is -0.355 e. The van der Waals surface area contributed by atoms with Gasteiger partial charge in [-0.1, -0.05) is 27.7 Å². The van der Waals surface area contributed by atoms with Crippen LogP contribution in [0.5, 0.6) is 0 Å². The van der Waals surface area contributed by atoms with Crippen molar-refractivity contribution in [1.29, 1.82) is 0 Å². The molecule has 0 spiro atoms. The summed E-state index contributed by atoms with van der Waals surface area (Å²) in [6.07, 6.45) is 0. The predicted molar refractivity (Wildman–Crippen MR) is 114 cm³/mol. The highest BCUT2D eigenvalue weighted by atomic mass is 79.9. The molecule has 0 unspecified atom stereocenters. The van der Waals surface area contributed by atoms with E-state index in [2.05, 4.69) is 52.0 Å². The summed E-state index contributed by atoms with van der Waals surface area (Å²) in [4.78, 5) is 21.0. The van der Waals surface area contributed by atoms with E-state index in [4.69, 9.17) is 0 Å². The molecule has 12 heteroatoms. The van der Waals surface area contributed by atoms with Crippen LogP contribution in [0.25, 0.3) is 5.78 Å². The molecule has 0 saturated carbocycles. The Kier molecular flexibility index (Phi) is 7.20. The van der Waals surface area contributed by atoms with E-state index in [0.29, 0.717) is 41.5 Å². The lowest BCUT2D eigenvalue weighted by Crippen LogP contribution is -2.25. The number of carbonyl (C=O) groups excluding carboxylic acids is 1. The van der Waals surface area contributed by atoms with E-state index in [1.54, 1.807) is 10.5 Å². The smallest absolute Gasteiger partial charge is 0.261 e. The van der Waals surface area contributed by atoms with Gasteiger partial charge in [-0.15, -0.1) is 10.2 Å². The molecule has 0 aliphatic carbocycles. The van der Waals surface area contributed by atoms with E-state index in [-0.39, 0.29) is 24.0 Å². The van der Waals surface area contributed by atoms with Gasteiger partial charge in [0, 0.05) is 24.1 Å². The highest BCUT2D eigenvalue weighted by Gasteiger charge is 2.16. The fourth-order valence-electron chi connectivity index (χ4n) is 2.45. The number of benzene rings is 1. The van der Waals surface area contributed by atoms with Gasteiger partial charge in [0.05, 0.1) is 5.75 Å². The molecule has 1 amide bonds. The van der Waals surface area contributed by atoms with Crippen LogP contribution in [0.15, 0.2) is 27.8 Å². The number of amides is 1. The Morgan fingerprint density at radius 1 is 1.21 bits per heavy atom. The van der Waals surface area contributed by atoms with E-state index >= 15 is 0 Å². The van der Waals surface area contributed by atoms with Gasteiger partial charge in [0.15, 0.2) is 5.16 Å². The number of halogens is 2. The normalized spacial score (nSPS) is 10.9. The monoisotopic (exact) mass is 482 g/mol. The van der Waals surface area contributed by atoms with Gasteiger partial charge in [0.25, 0.3) is 5.78 Å². The van der Waals surface area contributed by atoms with Gasteiger partial charge in [-0.25, -0.2) is 8.79 Å². The Morgan fingerprint density at radius 2 is 2.00 bits per heavy atom. The first-order valence-corrected chi connectivity index (χ1v) is 10.7. The molecule has 0 bridgehead atoms. The van der Waals surface area contributed by atoms with E-state index in [0.717, 1.165) is 4.47 Å². The predicted octanol–water partition coefficient (Wildman–Crippen LogP) is 2.69. The van der Waals surface area contributed by atoms with Crippen molar-refractivity contribution in [2.24, 2.45) is 0 Å². The Morgan fingerprint density at radius 3 is 2.76 bits per heavy atom. The van der Waals surface area contributed by atoms with Gasteiger partial charge in [-0.3, -0.25) is 4.79 Å². The first-order valence-electron chi connectivity index (χ1n) is 8.96. The van der Waals surface area contributed by atoms with Crippen molar-refractivity contribution in [2.45, 2.75) is 25.5 Å². The van der Waals surface area contributed by atoms with E-state index < -0.39 is 0 Å². The van der Waals surface area contributed by atoms with Crippen molar-refractivity contribution < 1.29 is 9.18 Å². The number of anilines is 2. The second-order valence-electron chi connectivity index (χ2n) is 5.85. The quantitative estimate of drug-likeness (QED) is 0.399. The number of carbonyl (C=O) groups is 1. The van der Waals surface area contributed by atoms with Crippen molar-refractivity contribution in [3.05, 3.63) is 34.1 Å². The molecule has 3 rings (SSSR count). The topological polar surface area (TPSA) is 109 Å². The summed E-state index contributed by atoms with van der Waals surface area (Å²) >= 11 is 4.56. The Hall–Kier alpha value is -2.47.